The first-order chi connectivity index (χ1) is 9.53. The number of benzene rings is 1. The molecule has 0 unspecified atom stereocenters. The molecule has 1 heterocycles. The molecule has 3 rings (SSSR count). The van der Waals surface area contributed by atoms with Gasteiger partial charge in [0.1, 0.15) is 5.82 Å². The van der Waals surface area contributed by atoms with Crippen LogP contribution in [0, 0.1) is 5.82 Å². The molecule has 0 bridgehead atoms. The first-order valence-electron chi connectivity index (χ1n) is 6.02. The highest BCUT2D eigenvalue weighted by Gasteiger charge is 2.49. The maximum Gasteiger partial charge on any atom is 0.331 e. The van der Waals surface area contributed by atoms with Crippen LogP contribution in [0.3, 0.4) is 0 Å². The van der Waals surface area contributed by atoms with E-state index < -0.39 is 17.3 Å². The van der Waals surface area contributed by atoms with Gasteiger partial charge in [-0.2, -0.15) is 0 Å². The lowest BCUT2D eigenvalue weighted by atomic mass is 9.76. The summed E-state index contributed by atoms with van der Waals surface area (Å²) >= 11 is 3.20. The Morgan fingerprint density at radius 3 is 2.70 bits per heavy atom. The molecule has 1 aliphatic carbocycles. The SMILES string of the molecule is O=C(O)C1(n2nnnc2-c2cc(F)cc(Br)c2)CCC1. The maximum absolute atomic E-state index is 13.5. The van der Waals surface area contributed by atoms with Crippen molar-refractivity contribution in [2.75, 3.05) is 0 Å². The summed E-state index contributed by atoms with van der Waals surface area (Å²) in [5, 5.41) is 20.6. The molecule has 1 aromatic heterocycles. The smallest absolute Gasteiger partial charge is 0.331 e. The van der Waals surface area contributed by atoms with E-state index in [0.29, 0.717) is 22.9 Å². The fraction of sp³-hybridized carbons (Fsp3) is 0.333. The van der Waals surface area contributed by atoms with Crippen LogP contribution in [0.4, 0.5) is 4.39 Å². The third kappa shape index (κ3) is 1.91. The van der Waals surface area contributed by atoms with Gasteiger partial charge in [-0.25, -0.2) is 13.9 Å². The van der Waals surface area contributed by atoms with E-state index >= 15 is 0 Å². The highest BCUT2D eigenvalue weighted by molar-refractivity contribution is 9.10. The minimum Gasteiger partial charge on any atom is -0.479 e. The fourth-order valence-electron chi connectivity index (χ4n) is 2.37. The van der Waals surface area contributed by atoms with Crippen LogP contribution in [-0.4, -0.2) is 31.3 Å². The second-order valence-electron chi connectivity index (χ2n) is 4.76. The largest absolute Gasteiger partial charge is 0.479 e. The lowest BCUT2D eigenvalue weighted by molar-refractivity contribution is -0.153. The quantitative estimate of drug-likeness (QED) is 0.926. The lowest BCUT2D eigenvalue weighted by Crippen LogP contribution is -2.48. The Balaban J connectivity index is 2.13. The van der Waals surface area contributed by atoms with Gasteiger partial charge in [0.2, 0.25) is 0 Å². The van der Waals surface area contributed by atoms with Gasteiger partial charge < -0.3 is 5.11 Å². The van der Waals surface area contributed by atoms with Gasteiger partial charge in [-0.05, 0) is 47.9 Å². The zero-order chi connectivity index (χ0) is 14.3. The molecular weight excluding hydrogens is 331 g/mol. The molecule has 0 aliphatic heterocycles. The number of nitrogens with zero attached hydrogens (tertiary/aromatic N) is 4. The molecule has 0 atom stereocenters. The predicted octanol–water partition coefficient (Wildman–Crippen LogP) is 2.21. The third-order valence-electron chi connectivity index (χ3n) is 3.57. The number of rotatable bonds is 3. The maximum atomic E-state index is 13.5. The van der Waals surface area contributed by atoms with Crippen molar-refractivity contribution in [2.24, 2.45) is 0 Å². The molecule has 1 saturated carbocycles. The van der Waals surface area contributed by atoms with Crippen molar-refractivity contribution >= 4 is 21.9 Å². The van der Waals surface area contributed by atoms with E-state index in [1.807, 2.05) is 0 Å². The summed E-state index contributed by atoms with van der Waals surface area (Å²) in [5.74, 6) is -1.15. The van der Waals surface area contributed by atoms with E-state index in [1.54, 1.807) is 6.07 Å². The molecule has 0 radical (unpaired) electrons. The van der Waals surface area contributed by atoms with Gasteiger partial charge in [0.25, 0.3) is 0 Å². The van der Waals surface area contributed by atoms with Gasteiger partial charge in [-0.3, -0.25) is 0 Å². The monoisotopic (exact) mass is 340 g/mol. The van der Waals surface area contributed by atoms with Crippen LogP contribution in [0.5, 0.6) is 0 Å². The summed E-state index contributed by atoms with van der Waals surface area (Å²) < 4.78 is 15.3. The van der Waals surface area contributed by atoms with Crippen LogP contribution in [0.2, 0.25) is 0 Å². The van der Waals surface area contributed by atoms with Crippen molar-refractivity contribution in [3.63, 3.8) is 0 Å². The summed E-state index contributed by atoms with van der Waals surface area (Å²) in [4.78, 5) is 11.5. The van der Waals surface area contributed by atoms with Crippen molar-refractivity contribution in [1.29, 1.82) is 0 Å². The van der Waals surface area contributed by atoms with Gasteiger partial charge in [-0.1, -0.05) is 15.9 Å². The summed E-state index contributed by atoms with van der Waals surface area (Å²) in [6.07, 6.45) is 1.74. The molecule has 1 aliphatic rings. The molecule has 2 aromatic rings. The molecule has 0 amide bonds. The Kier molecular flexibility index (Phi) is 3.04. The molecule has 8 heteroatoms. The highest BCUT2D eigenvalue weighted by atomic mass is 79.9. The van der Waals surface area contributed by atoms with Crippen LogP contribution in [0.1, 0.15) is 19.3 Å². The molecule has 6 nitrogen and oxygen atoms in total. The van der Waals surface area contributed by atoms with Crippen molar-refractivity contribution in [2.45, 2.75) is 24.8 Å². The van der Waals surface area contributed by atoms with Crippen LogP contribution in [-0.2, 0) is 10.3 Å². The van der Waals surface area contributed by atoms with Crippen LogP contribution in [0.15, 0.2) is 22.7 Å². The standard InChI is InChI=1S/C12H10BrFN4O2/c13-8-4-7(5-9(14)6-8)10-15-16-17-18(10)12(11(19)20)2-1-3-12/h4-6H,1-3H2,(H,19,20). The molecular formula is C12H10BrFN4O2. The summed E-state index contributed by atoms with van der Waals surface area (Å²) in [7, 11) is 0. The van der Waals surface area contributed by atoms with Crippen molar-refractivity contribution < 1.29 is 14.3 Å². The Labute approximate surface area is 121 Å². The average Bonchev–Trinajstić information content (AvgIpc) is 2.74. The summed E-state index contributed by atoms with van der Waals surface area (Å²) in [6, 6.07) is 4.24. The van der Waals surface area contributed by atoms with Crippen molar-refractivity contribution in [3.05, 3.63) is 28.5 Å². The Morgan fingerprint density at radius 1 is 1.40 bits per heavy atom. The third-order valence-corrected chi connectivity index (χ3v) is 4.03. The molecule has 104 valence electrons. The zero-order valence-corrected chi connectivity index (χ0v) is 11.8. The number of carbonyl (C=O) groups is 1. The summed E-state index contributed by atoms with van der Waals surface area (Å²) in [5.41, 5.74) is -0.674. The van der Waals surface area contributed by atoms with E-state index in [2.05, 4.69) is 31.5 Å². The molecule has 0 spiro atoms. The minimum atomic E-state index is -1.11. The average molecular weight is 341 g/mol. The number of hydrogen-bond acceptors (Lipinski definition) is 4. The lowest BCUT2D eigenvalue weighted by Gasteiger charge is -2.37. The molecule has 1 fully saturated rings. The van der Waals surface area contributed by atoms with E-state index in [1.165, 1.54) is 16.8 Å². The fourth-order valence-corrected chi connectivity index (χ4v) is 2.83. The van der Waals surface area contributed by atoms with E-state index in [-0.39, 0.29) is 5.82 Å². The van der Waals surface area contributed by atoms with Gasteiger partial charge in [0.05, 0.1) is 0 Å². The topological polar surface area (TPSA) is 80.9 Å². The number of carboxylic acid groups (broad SMARTS) is 1. The Morgan fingerprint density at radius 2 is 2.15 bits per heavy atom. The highest BCUT2D eigenvalue weighted by Crippen LogP contribution is 2.41. The Hall–Kier alpha value is -1.83. The van der Waals surface area contributed by atoms with Crippen molar-refractivity contribution in [3.8, 4) is 11.4 Å². The van der Waals surface area contributed by atoms with Gasteiger partial charge in [-0.15, -0.1) is 5.10 Å². The van der Waals surface area contributed by atoms with Crippen LogP contribution < -0.4 is 0 Å². The van der Waals surface area contributed by atoms with Gasteiger partial charge >= 0.3 is 5.97 Å². The van der Waals surface area contributed by atoms with Crippen LogP contribution in [0.25, 0.3) is 11.4 Å². The van der Waals surface area contributed by atoms with Crippen LogP contribution >= 0.6 is 15.9 Å². The number of tetrazole rings is 1. The summed E-state index contributed by atoms with van der Waals surface area (Å²) in [6.45, 7) is 0. The van der Waals surface area contributed by atoms with E-state index in [4.69, 9.17) is 0 Å². The van der Waals surface area contributed by atoms with Crippen molar-refractivity contribution in [1.82, 2.24) is 20.2 Å². The second kappa shape index (κ2) is 4.62. The normalized spacial score (nSPS) is 16.7. The predicted molar refractivity (Wildman–Crippen MR) is 70.4 cm³/mol. The van der Waals surface area contributed by atoms with Gasteiger partial charge in [0.15, 0.2) is 11.4 Å². The number of aromatic nitrogens is 4. The number of carboxylic acids is 1. The first kappa shape index (κ1) is 13.2. The first-order valence-corrected chi connectivity index (χ1v) is 6.81. The molecule has 1 aromatic carbocycles. The van der Waals surface area contributed by atoms with Gasteiger partial charge in [0, 0.05) is 10.0 Å². The molecule has 20 heavy (non-hydrogen) atoms. The number of halogens is 2. The molecule has 1 N–H and O–H groups in total. The number of aliphatic carboxylic acids is 1. The minimum absolute atomic E-state index is 0.257. The molecule has 0 saturated heterocycles. The zero-order valence-electron chi connectivity index (χ0n) is 10.3. The second-order valence-corrected chi connectivity index (χ2v) is 5.68. The number of hydrogen-bond donors (Lipinski definition) is 1. The van der Waals surface area contributed by atoms with E-state index in [0.717, 1.165) is 6.42 Å². The Bertz CT molecular complexity index is 664. The van der Waals surface area contributed by atoms with E-state index in [9.17, 15) is 14.3 Å².